The van der Waals surface area contributed by atoms with Crippen LogP contribution >= 0.6 is 0 Å². The van der Waals surface area contributed by atoms with Crippen LogP contribution in [-0.4, -0.2) is 43.9 Å². The normalized spacial score (nSPS) is 16.4. The number of fused-ring (bicyclic) bond motifs is 1. The van der Waals surface area contributed by atoms with Crippen molar-refractivity contribution in [3.63, 3.8) is 0 Å². The van der Waals surface area contributed by atoms with E-state index in [1.807, 2.05) is 18.2 Å². The summed E-state index contributed by atoms with van der Waals surface area (Å²) in [7, 11) is -3.75. The zero-order chi connectivity index (χ0) is 25.3. The topological polar surface area (TPSA) is 127 Å². The highest BCUT2D eigenvalue weighted by Crippen LogP contribution is 2.51. The number of hydrogen-bond acceptors (Lipinski definition) is 7. The first-order chi connectivity index (χ1) is 17.3. The van der Waals surface area contributed by atoms with E-state index in [2.05, 4.69) is 15.0 Å². The van der Waals surface area contributed by atoms with E-state index in [0.29, 0.717) is 35.0 Å². The average molecular weight is 510 g/mol. The lowest BCUT2D eigenvalue weighted by Gasteiger charge is -2.16. The number of aromatic nitrogens is 1. The Morgan fingerprint density at radius 1 is 1.08 bits per heavy atom. The molecule has 5 rings (SSSR count). The highest BCUT2D eigenvalue weighted by Gasteiger charge is 2.51. The molecule has 9 nitrogen and oxygen atoms in total. The summed E-state index contributed by atoms with van der Waals surface area (Å²) < 4.78 is 38.5. The monoisotopic (exact) mass is 509 g/mol. The molecule has 1 saturated carbocycles. The molecule has 1 atom stereocenters. The quantitative estimate of drug-likeness (QED) is 0.404. The molecule has 1 aromatic heterocycles. The molecule has 2 heterocycles. The van der Waals surface area contributed by atoms with Crippen LogP contribution in [-0.2, 0) is 20.2 Å². The van der Waals surface area contributed by atoms with Crippen LogP contribution in [0.3, 0.4) is 0 Å². The second-order valence-electron chi connectivity index (χ2n) is 8.95. The summed E-state index contributed by atoms with van der Waals surface area (Å²) in [5.74, 6) is 1.61. The van der Waals surface area contributed by atoms with Crippen molar-refractivity contribution in [3.8, 4) is 22.8 Å². The standard InChI is InChI=1S/C26H27N3O6S/c1-2-19(15-30)29-36(32,33)20-9-6-17(7-10-20)21-4-3-5-24(27-21)28-25(31)26(12-13-26)18-8-11-22-23(14-18)35-16-34-22/h3-11,14,19,29-30H,2,12-13,15-16H2,1H3,(H,27,28,31)/t19-/m1/s1. The minimum absolute atomic E-state index is 0.0991. The molecule has 0 saturated heterocycles. The van der Waals surface area contributed by atoms with Crippen molar-refractivity contribution in [1.82, 2.24) is 9.71 Å². The fraction of sp³-hybridized carbons (Fsp3) is 0.308. The molecule has 0 radical (unpaired) electrons. The molecule has 2 aliphatic rings. The summed E-state index contributed by atoms with van der Waals surface area (Å²) in [5.41, 5.74) is 1.57. The zero-order valence-corrected chi connectivity index (χ0v) is 20.5. The van der Waals surface area contributed by atoms with Gasteiger partial charge in [-0.25, -0.2) is 18.1 Å². The second-order valence-corrected chi connectivity index (χ2v) is 10.7. The molecule has 1 aliphatic carbocycles. The number of amides is 1. The number of carbonyl (C=O) groups excluding carboxylic acids is 1. The van der Waals surface area contributed by atoms with Crippen LogP contribution in [0.4, 0.5) is 5.82 Å². The highest BCUT2D eigenvalue weighted by molar-refractivity contribution is 7.89. The Balaban J connectivity index is 1.31. The lowest BCUT2D eigenvalue weighted by Crippen LogP contribution is -2.36. The van der Waals surface area contributed by atoms with E-state index >= 15 is 0 Å². The van der Waals surface area contributed by atoms with Gasteiger partial charge in [0.2, 0.25) is 22.7 Å². The first-order valence-corrected chi connectivity index (χ1v) is 13.3. The molecule has 0 bridgehead atoms. The van der Waals surface area contributed by atoms with Gasteiger partial charge in [0.25, 0.3) is 0 Å². The molecule has 0 unspecified atom stereocenters. The number of sulfonamides is 1. The Labute approximate surface area is 209 Å². The Hall–Kier alpha value is -3.47. The lowest BCUT2D eigenvalue weighted by molar-refractivity contribution is -0.118. The van der Waals surface area contributed by atoms with Gasteiger partial charge in [0, 0.05) is 11.6 Å². The Kier molecular flexibility index (Phi) is 6.42. The molecule has 10 heteroatoms. The molecular formula is C26H27N3O6S. The SMILES string of the molecule is CC[C@H](CO)NS(=O)(=O)c1ccc(-c2cccc(NC(=O)C3(c4ccc5c(c4)OCO5)CC3)n2)cc1. The van der Waals surface area contributed by atoms with Crippen LogP contribution < -0.4 is 19.5 Å². The van der Waals surface area contributed by atoms with Crippen molar-refractivity contribution in [2.75, 3.05) is 18.7 Å². The van der Waals surface area contributed by atoms with Crippen LogP contribution in [0.15, 0.2) is 65.6 Å². The van der Waals surface area contributed by atoms with Crippen molar-refractivity contribution >= 4 is 21.7 Å². The van der Waals surface area contributed by atoms with Gasteiger partial charge >= 0.3 is 0 Å². The molecule has 1 amide bonds. The number of aliphatic hydroxyl groups excluding tert-OH is 1. The van der Waals surface area contributed by atoms with Crippen LogP contribution in [0, 0.1) is 0 Å². The molecule has 1 fully saturated rings. The maximum atomic E-state index is 13.2. The Morgan fingerprint density at radius 2 is 1.83 bits per heavy atom. The van der Waals surface area contributed by atoms with E-state index < -0.39 is 21.5 Å². The predicted molar refractivity (Wildman–Crippen MR) is 133 cm³/mol. The molecule has 3 aromatic rings. The number of pyridine rings is 1. The van der Waals surface area contributed by atoms with Crippen molar-refractivity contribution in [1.29, 1.82) is 0 Å². The van der Waals surface area contributed by atoms with Crippen molar-refractivity contribution in [3.05, 3.63) is 66.2 Å². The summed E-state index contributed by atoms with van der Waals surface area (Å²) >= 11 is 0. The number of benzene rings is 2. The lowest BCUT2D eigenvalue weighted by atomic mass is 9.94. The molecule has 188 valence electrons. The second kappa shape index (κ2) is 9.53. The number of rotatable bonds is 9. The molecule has 3 N–H and O–H groups in total. The van der Waals surface area contributed by atoms with Gasteiger partial charge in [-0.2, -0.15) is 0 Å². The van der Waals surface area contributed by atoms with E-state index in [4.69, 9.17) is 9.47 Å². The Morgan fingerprint density at radius 3 is 2.53 bits per heavy atom. The van der Waals surface area contributed by atoms with Gasteiger partial charge < -0.3 is 19.9 Å². The van der Waals surface area contributed by atoms with Gasteiger partial charge in [-0.1, -0.05) is 31.2 Å². The summed E-state index contributed by atoms with van der Waals surface area (Å²) in [4.78, 5) is 17.9. The van der Waals surface area contributed by atoms with Gasteiger partial charge in [-0.05, 0) is 61.2 Å². The fourth-order valence-electron chi connectivity index (χ4n) is 4.21. The van der Waals surface area contributed by atoms with Gasteiger partial charge in [0.15, 0.2) is 11.5 Å². The average Bonchev–Trinajstić information content (AvgIpc) is 3.58. The summed E-state index contributed by atoms with van der Waals surface area (Å²) in [6.07, 6.45) is 1.95. The summed E-state index contributed by atoms with van der Waals surface area (Å²) in [6, 6.07) is 16.7. The van der Waals surface area contributed by atoms with Gasteiger partial charge in [-0.15, -0.1) is 0 Å². The number of anilines is 1. The number of hydrogen-bond donors (Lipinski definition) is 3. The predicted octanol–water partition coefficient (Wildman–Crippen LogP) is 3.20. The minimum Gasteiger partial charge on any atom is -0.454 e. The smallest absolute Gasteiger partial charge is 0.240 e. The molecule has 0 spiro atoms. The molecule has 36 heavy (non-hydrogen) atoms. The third-order valence-electron chi connectivity index (χ3n) is 6.60. The van der Waals surface area contributed by atoms with E-state index in [-0.39, 0.29) is 24.2 Å². The molecular weight excluding hydrogens is 482 g/mol. The first-order valence-electron chi connectivity index (χ1n) is 11.8. The van der Waals surface area contributed by atoms with Crippen LogP contribution in [0.5, 0.6) is 11.5 Å². The van der Waals surface area contributed by atoms with Crippen molar-refractivity contribution in [2.24, 2.45) is 0 Å². The third-order valence-corrected chi connectivity index (χ3v) is 8.13. The number of ether oxygens (including phenoxy) is 2. The summed E-state index contributed by atoms with van der Waals surface area (Å²) in [6.45, 7) is 1.70. The number of nitrogens with zero attached hydrogens (tertiary/aromatic N) is 1. The maximum Gasteiger partial charge on any atom is 0.240 e. The Bertz CT molecular complexity index is 1380. The highest BCUT2D eigenvalue weighted by atomic mass is 32.2. The number of aliphatic hydroxyl groups is 1. The fourth-order valence-corrected chi connectivity index (χ4v) is 5.52. The van der Waals surface area contributed by atoms with Gasteiger partial charge in [0.1, 0.15) is 5.82 Å². The first kappa shape index (κ1) is 24.2. The zero-order valence-electron chi connectivity index (χ0n) is 19.7. The van der Waals surface area contributed by atoms with Crippen molar-refractivity contribution in [2.45, 2.75) is 42.5 Å². The van der Waals surface area contributed by atoms with Crippen LogP contribution in [0.25, 0.3) is 11.3 Å². The van der Waals surface area contributed by atoms with Crippen molar-refractivity contribution < 1.29 is 27.8 Å². The number of carbonyl (C=O) groups is 1. The maximum absolute atomic E-state index is 13.2. The van der Waals surface area contributed by atoms with Gasteiger partial charge in [0.05, 0.1) is 22.6 Å². The van der Waals surface area contributed by atoms with E-state index in [9.17, 15) is 18.3 Å². The summed E-state index contributed by atoms with van der Waals surface area (Å²) in [5, 5.41) is 12.2. The van der Waals surface area contributed by atoms with Crippen LogP contribution in [0.1, 0.15) is 31.7 Å². The largest absolute Gasteiger partial charge is 0.454 e. The minimum atomic E-state index is -3.75. The number of nitrogens with one attached hydrogen (secondary N) is 2. The van der Waals surface area contributed by atoms with Crippen LogP contribution in [0.2, 0.25) is 0 Å². The van der Waals surface area contributed by atoms with Gasteiger partial charge in [-0.3, -0.25) is 4.79 Å². The molecule has 1 aliphatic heterocycles. The molecule has 2 aromatic carbocycles. The van der Waals surface area contributed by atoms with E-state index in [1.165, 1.54) is 12.1 Å². The van der Waals surface area contributed by atoms with E-state index in [1.54, 1.807) is 37.3 Å². The van der Waals surface area contributed by atoms with E-state index in [0.717, 1.165) is 18.4 Å². The third kappa shape index (κ3) is 4.67.